The van der Waals surface area contributed by atoms with E-state index in [9.17, 15) is 0 Å². The smallest absolute Gasteiger partial charge is 0.164 e. The van der Waals surface area contributed by atoms with E-state index >= 15 is 0 Å². The highest BCUT2D eigenvalue weighted by atomic mass is 16.3. The van der Waals surface area contributed by atoms with Gasteiger partial charge in [0, 0.05) is 6.54 Å². The number of hydrogen-bond donors (Lipinski definition) is 3. The zero-order valence-corrected chi connectivity index (χ0v) is 12.1. The first-order valence-corrected chi connectivity index (χ1v) is 7.10. The zero-order valence-electron chi connectivity index (χ0n) is 12.1. The Hall–Kier alpha value is -2.35. The number of nitrogens with zero attached hydrogens (tertiary/aromatic N) is 4. The van der Waals surface area contributed by atoms with Crippen LogP contribution in [-0.4, -0.2) is 37.8 Å². The maximum Gasteiger partial charge on any atom is 0.164 e. The van der Waals surface area contributed by atoms with E-state index in [2.05, 4.69) is 20.3 Å². The SMILES string of the molecule is NCn1cnc2c(C(NCCO)c3ccccc3)ncnc21. The van der Waals surface area contributed by atoms with Crippen molar-refractivity contribution in [2.75, 3.05) is 13.2 Å². The van der Waals surface area contributed by atoms with E-state index in [4.69, 9.17) is 10.8 Å². The van der Waals surface area contributed by atoms with E-state index in [1.54, 1.807) is 10.9 Å². The summed E-state index contributed by atoms with van der Waals surface area (Å²) >= 11 is 0. The molecule has 0 radical (unpaired) electrons. The van der Waals surface area contributed by atoms with Crippen LogP contribution < -0.4 is 11.1 Å². The number of nitrogens with two attached hydrogens (primary N) is 1. The van der Waals surface area contributed by atoms with Gasteiger partial charge >= 0.3 is 0 Å². The second-order valence-electron chi connectivity index (χ2n) is 4.85. The maximum atomic E-state index is 9.13. The third-order valence-electron chi connectivity index (χ3n) is 3.49. The first-order chi connectivity index (χ1) is 10.8. The third-order valence-corrected chi connectivity index (χ3v) is 3.49. The summed E-state index contributed by atoms with van der Waals surface area (Å²) in [6.45, 7) is 0.824. The lowest BCUT2D eigenvalue weighted by molar-refractivity contribution is 0.288. The van der Waals surface area contributed by atoms with Crippen LogP contribution in [0, 0.1) is 0 Å². The molecule has 114 valence electrons. The molecule has 0 aliphatic rings. The number of aromatic nitrogens is 4. The number of imidazole rings is 1. The van der Waals surface area contributed by atoms with E-state index in [0.29, 0.717) is 24.4 Å². The molecule has 2 heterocycles. The van der Waals surface area contributed by atoms with Gasteiger partial charge in [-0.3, -0.25) is 0 Å². The average Bonchev–Trinajstić information content (AvgIpc) is 3.00. The Morgan fingerprint density at radius 1 is 1.18 bits per heavy atom. The van der Waals surface area contributed by atoms with Crippen molar-refractivity contribution in [2.24, 2.45) is 5.73 Å². The number of nitrogens with one attached hydrogen (secondary N) is 1. The molecular formula is C15H18N6O. The lowest BCUT2D eigenvalue weighted by atomic mass is 10.0. The molecule has 4 N–H and O–H groups in total. The number of fused-ring (bicyclic) bond motifs is 1. The molecule has 3 aromatic rings. The van der Waals surface area contributed by atoms with E-state index in [-0.39, 0.29) is 12.6 Å². The molecule has 7 heteroatoms. The van der Waals surface area contributed by atoms with E-state index in [1.807, 2.05) is 30.3 Å². The minimum absolute atomic E-state index is 0.0504. The molecule has 3 rings (SSSR count). The van der Waals surface area contributed by atoms with E-state index < -0.39 is 0 Å². The van der Waals surface area contributed by atoms with Crippen molar-refractivity contribution >= 4 is 11.2 Å². The summed E-state index contributed by atoms with van der Waals surface area (Å²) in [7, 11) is 0. The second-order valence-corrected chi connectivity index (χ2v) is 4.85. The molecule has 22 heavy (non-hydrogen) atoms. The monoisotopic (exact) mass is 298 g/mol. The fourth-order valence-corrected chi connectivity index (χ4v) is 2.47. The normalized spacial score (nSPS) is 12.6. The van der Waals surface area contributed by atoms with Gasteiger partial charge in [0.15, 0.2) is 5.65 Å². The fourth-order valence-electron chi connectivity index (χ4n) is 2.47. The van der Waals surface area contributed by atoms with Gasteiger partial charge in [-0.15, -0.1) is 0 Å². The molecule has 0 fully saturated rings. The van der Waals surface area contributed by atoms with Crippen LogP contribution in [0.1, 0.15) is 17.3 Å². The molecule has 0 bridgehead atoms. The summed E-state index contributed by atoms with van der Waals surface area (Å²) < 4.78 is 1.77. The predicted octanol–water partition coefficient (Wildman–Crippen LogP) is 0.414. The van der Waals surface area contributed by atoms with Crippen molar-refractivity contribution in [2.45, 2.75) is 12.7 Å². The molecular weight excluding hydrogens is 280 g/mol. The van der Waals surface area contributed by atoms with Gasteiger partial charge in [0.2, 0.25) is 0 Å². The molecule has 0 saturated carbocycles. The van der Waals surface area contributed by atoms with Crippen molar-refractivity contribution in [3.05, 3.63) is 54.2 Å². The number of aliphatic hydroxyl groups is 1. The molecule has 2 aromatic heterocycles. The van der Waals surface area contributed by atoms with Crippen LogP contribution in [0.3, 0.4) is 0 Å². The summed E-state index contributed by atoms with van der Waals surface area (Å²) in [6, 6.07) is 9.77. The van der Waals surface area contributed by atoms with Gasteiger partial charge in [0.25, 0.3) is 0 Å². The number of aliphatic hydroxyl groups excluding tert-OH is 1. The van der Waals surface area contributed by atoms with Gasteiger partial charge in [-0.1, -0.05) is 30.3 Å². The Morgan fingerprint density at radius 3 is 2.73 bits per heavy atom. The van der Waals surface area contributed by atoms with E-state index in [0.717, 1.165) is 11.3 Å². The van der Waals surface area contributed by atoms with Crippen molar-refractivity contribution in [3.8, 4) is 0 Å². The Morgan fingerprint density at radius 2 is 2.00 bits per heavy atom. The van der Waals surface area contributed by atoms with E-state index in [1.165, 1.54) is 6.33 Å². The molecule has 1 aromatic carbocycles. The lowest BCUT2D eigenvalue weighted by Gasteiger charge is -2.18. The Kier molecular flexibility index (Phi) is 4.38. The maximum absolute atomic E-state index is 9.13. The van der Waals surface area contributed by atoms with Gasteiger partial charge in [-0.2, -0.15) is 0 Å². The quantitative estimate of drug-likeness (QED) is 0.609. The van der Waals surface area contributed by atoms with Crippen LogP contribution in [0.25, 0.3) is 11.2 Å². The predicted molar refractivity (Wildman–Crippen MR) is 82.9 cm³/mol. The summed E-state index contributed by atoms with van der Waals surface area (Å²) in [5.41, 5.74) is 8.94. The van der Waals surface area contributed by atoms with Crippen LogP contribution in [0.4, 0.5) is 0 Å². The summed E-state index contributed by atoms with van der Waals surface area (Å²) in [5.74, 6) is 0. The van der Waals surface area contributed by atoms with Gasteiger partial charge in [-0.05, 0) is 5.56 Å². The Bertz CT molecular complexity index is 742. The van der Waals surface area contributed by atoms with Crippen LogP contribution in [0.5, 0.6) is 0 Å². The van der Waals surface area contributed by atoms with Gasteiger partial charge < -0.3 is 20.7 Å². The van der Waals surface area contributed by atoms with Gasteiger partial charge in [0.1, 0.15) is 11.8 Å². The minimum Gasteiger partial charge on any atom is -0.395 e. The first kappa shape index (κ1) is 14.6. The Balaban J connectivity index is 2.10. The molecule has 0 aliphatic heterocycles. The standard InChI is InChI=1S/C15H18N6O/c16-8-21-10-20-14-13(18-9-19-15(14)21)12(17-6-7-22)11-4-2-1-3-5-11/h1-5,9-10,12,17,22H,6-8,16H2. The summed E-state index contributed by atoms with van der Waals surface area (Å²) in [6.07, 6.45) is 3.18. The third kappa shape index (κ3) is 2.69. The Labute approximate surface area is 127 Å². The highest BCUT2D eigenvalue weighted by Gasteiger charge is 2.20. The van der Waals surface area contributed by atoms with Crippen LogP contribution in [-0.2, 0) is 6.67 Å². The average molecular weight is 298 g/mol. The van der Waals surface area contributed by atoms with Crippen molar-refractivity contribution in [3.63, 3.8) is 0 Å². The lowest BCUT2D eigenvalue weighted by Crippen LogP contribution is -2.26. The number of hydrogen-bond acceptors (Lipinski definition) is 6. The topological polar surface area (TPSA) is 102 Å². The second kappa shape index (κ2) is 6.61. The zero-order chi connectivity index (χ0) is 15.4. The van der Waals surface area contributed by atoms with Crippen molar-refractivity contribution in [1.82, 2.24) is 24.8 Å². The molecule has 7 nitrogen and oxygen atoms in total. The molecule has 0 amide bonds. The molecule has 1 unspecified atom stereocenters. The number of rotatable bonds is 6. The molecule has 1 atom stereocenters. The molecule has 0 spiro atoms. The number of benzene rings is 1. The summed E-state index contributed by atoms with van der Waals surface area (Å²) in [5, 5.41) is 12.4. The highest BCUT2D eigenvalue weighted by molar-refractivity contribution is 5.74. The molecule has 0 saturated heterocycles. The van der Waals surface area contributed by atoms with Crippen molar-refractivity contribution in [1.29, 1.82) is 0 Å². The van der Waals surface area contributed by atoms with Crippen molar-refractivity contribution < 1.29 is 5.11 Å². The van der Waals surface area contributed by atoms with Crippen LogP contribution in [0.15, 0.2) is 43.0 Å². The largest absolute Gasteiger partial charge is 0.395 e. The van der Waals surface area contributed by atoms with Gasteiger partial charge in [-0.25, -0.2) is 15.0 Å². The minimum atomic E-state index is -0.167. The molecule has 0 aliphatic carbocycles. The summed E-state index contributed by atoms with van der Waals surface area (Å²) in [4.78, 5) is 13.1. The highest BCUT2D eigenvalue weighted by Crippen LogP contribution is 2.25. The first-order valence-electron chi connectivity index (χ1n) is 7.10. The fraction of sp³-hybridized carbons (Fsp3) is 0.267. The van der Waals surface area contributed by atoms with Crippen LogP contribution in [0.2, 0.25) is 0 Å². The van der Waals surface area contributed by atoms with Gasteiger partial charge in [0.05, 0.1) is 31.3 Å². The van der Waals surface area contributed by atoms with Crippen LogP contribution >= 0.6 is 0 Å².